The highest BCUT2D eigenvalue weighted by Gasteiger charge is 2.46. The van der Waals surface area contributed by atoms with Gasteiger partial charge in [-0.3, -0.25) is 0 Å². The predicted molar refractivity (Wildman–Crippen MR) is 86.0 cm³/mol. The van der Waals surface area contributed by atoms with Gasteiger partial charge in [0.2, 0.25) is 0 Å². The summed E-state index contributed by atoms with van der Waals surface area (Å²) in [5.74, 6) is 0. The van der Waals surface area contributed by atoms with Crippen molar-refractivity contribution < 1.29 is 29.2 Å². The molecule has 7 heteroatoms. The molecule has 1 heterocycles. The van der Waals surface area contributed by atoms with Crippen molar-refractivity contribution in [1.29, 1.82) is 0 Å². The molecule has 130 valence electrons. The molecule has 0 unspecified atom stereocenters. The molecular formula is C15H30O6Si. The third-order valence-electron chi connectivity index (χ3n) is 4.46. The summed E-state index contributed by atoms with van der Waals surface area (Å²) < 4.78 is 16.9. The molecule has 0 aromatic carbocycles. The molecule has 1 rings (SSSR count). The lowest BCUT2D eigenvalue weighted by molar-refractivity contribution is -0.297. The topological polar surface area (TPSA) is 88.4 Å². The van der Waals surface area contributed by atoms with Crippen LogP contribution in [0.3, 0.4) is 0 Å². The Bertz CT molecular complexity index is 368. The van der Waals surface area contributed by atoms with E-state index in [1.54, 1.807) is 0 Å². The first-order valence-corrected chi connectivity index (χ1v) is 10.5. The maximum absolute atomic E-state index is 10.1. The lowest BCUT2D eigenvalue weighted by Gasteiger charge is -2.42. The van der Waals surface area contributed by atoms with E-state index < -0.39 is 39.0 Å². The van der Waals surface area contributed by atoms with Gasteiger partial charge in [-0.25, -0.2) is 0 Å². The molecule has 0 amide bonds. The fourth-order valence-corrected chi connectivity index (χ4v) is 2.88. The van der Waals surface area contributed by atoms with Gasteiger partial charge in [0.05, 0.1) is 13.2 Å². The summed E-state index contributed by atoms with van der Waals surface area (Å²) in [5.41, 5.74) is 0. The van der Waals surface area contributed by atoms with E-state index in [0.29, 0.717) is 0 Å². The molecule has 0 spiro atoms. The van der Waals surface area contributed by atoms with Crippen molar-refractivity contribution in [2.45, 2.75) is 69.6 Å². The van der Waals surface area contributed by atoms with E-state index in [1.807, 2.05) is 0 Å². The lowest BCUT2D eigenvalue weighted by atomic mass is 9.99. The maximum atomic E-state index is 10.1. The monoisotopic (exact) mass is 334 g/mol. The molecule has 5 atom stereocenters. The van der Waals surface area contributed by atoms with Crippen molar-refractivity contribution in [1.82, 2.24) is 0 Å². The Labute approximate surface area is 133 Å². The van der Waals surface area contributed by atoms with Gasteiger partial charge in [-0.2, -0.15) is 0 Å². The highest BCUT2D eigenvalue weighted by atomic mass is 28.4. The molecule has 1 aliphatic rings. The number of hydrogen-bond acceptors (Lipinski definition) is 6. The van der Waals surface area contributed by atoms with Crippen LogP contribution in [0, 0.1) is 0 Å². The number of aliphatic hydroxyl groups is 3. The van der Waals surface area contributed by atoms with E-state index in [2.05, 4.69) is 40.4 Å². The Morgan fingerprint density at radius 2 is 1.73 bits per heavy atom. The third-order valence-corrected chi connectivity index (χ3v) is 8.96. The third kappa shape index (κ3) is 4.61. The SMILES string of the molecule is C=CCO[C@H]1O[C@H](CO[Si](C)(C)C(C)(C)C)[C@H](O)[C@H](O)[C@H]1O. The minimum atomic E-state index is -2.00. The maximum Gasteiger partial charge on any atom is 0.192 e. The van der Waals surface area contributed by atoms with E-state index in [4.69, 9.17) is 13.9 Å². The van der Waals surface area contributed by atoms with Crippen LogP contribution in [0.25, 0.3) is 0 Å². The van der Waals surface area contributed by atoms with Crippen molar-refractivity contribution in [3.8, 4) is 0 Å². The fraction of sp³-hybridized carbons (Fsp3) is 0.867. The Morgan fingerprint density at radius 1 is 1.14 bits per heavy atom. The summed E-state index contributed by atoms with van der Waals surface area (Å²) in [6.07, 6.45) is -4.10. The summed E-state index contributed by atoms with van der Waals surface area (Å²) in [6, 6.07) is 0. The van der Waals surface area contributed by atoms with Gasteiger partial charge in [0.15, 0.2) is 14.6 Å². The standard InChI is InChI=1S/C15H30O6Si/c1-7-8-19-14-13(18)12(17)11(16)10(21-14)9-20-22(5,6)15(2,3)4/h7,10-14,16-18H,1,8-9H2,2-6H3/t10-,11+,12+,13-,14+/m1/s1. The zero-order valence-electron chi connectivity index (χ0n) is 14.2. The quantitative estimate of drug-likeness (QED) is 0.496. The zero-order chi connectivity index (χ0) is 17.1. The second-order valence-electron chi connectivity index (χ2n) is 7.21. The average molecular weight is 334 g/mol. The fourth-order valence-electron chi connectivity index (χ4n) is 1.86. The van der Waals surface area contributed by atoms with Gasteiger partial charge in [-0.05, 0) is 18.1 Å². The Balaban J connectivity index is 2.70. The molecule has 22 heavy (non-hydrogen) atoms. The van der Waals surface area contributed by atoms with Crippen LogP contribution < -0.4 is 0 Å². The molecule has 0 radical (unpaired) electrons. The van der Waals surface area contributed by atoms with Crippen LogP contribution in [-0.2, 0) is 13.9 Å². The molecule has 1 fully saturated rings. The van der Waals surface area contributed by atoms with E-state index in [0.717, 1.165) is 0 Å². The van der Waals surface area contributed by atoms with Crippen LogP contribution in [0.5, 0.6) is 0 Å². The van der Waals surface area contributed by atoms with Gasteiger partial charge in [0.25, 0.3) is 0 Å². The predicted octanol–water partition coefficient (Wildman–Crippen LogP) is 1.02. The van der Waals surface area contributed by atoms with Gasteiger partial charge in [0.1, 0.15) is 24.4 Å². The first kappa shape index (κ1) is 19.8. The molecule has 0 bridgehead atoms. The van der Waals surface area contributed by atoms with Gasteiger partial charge in [-0.1, -0.05) is 26.8 Å². The van der Waals surface area contributed by atoms with Crippen molar-refractivity contribution in [3.05, 3.63) is 12.7 Å². The lowest BCUT2D eigenvalue weighted by Crippen LogP contribution is -2.60. The second-order valence-corrected chi connectivity index (χ2v) is 12.0. The molecule has 1 aliphatic heterocycles. The molecule has 0 saturated carbocycles. The van der Waals surface area contributed by atoms with E-state index in [1.165, 1.54) is 6.08 Å². The van der Waals surface area contributed by atoms with Gasteiger partial charge < -0.3 is 29.2 Å². The minimum Gasteiger partial charge on any atom is -0.414 e. The number of aliphatic hydroxyl groups excluding tert-OH is 3. The number of hydrogen-bond donors (Lipinski definition) is 3. The molecular weight excluding hydrogens is 304 g/mol. The summed E-state index contributed by atoms with van der Waals surface area (Å²) >= 11 is 0. The van der Waals surface area contributed by atoms with Crippen LogP contribution >= 0.6 is 0 Å². The van der Waals surface area contributed by atoms with Gasteiger partial charge >= 0.3 is 0 Å². The minimum absolute atomic E-state index is 0.0312. The number of ether oxygens (including phenoxy) is 2. The van der Waals surface area contributed by atoms with Crippen molar-refractivity contribution in [2.24, 2.45) is 0 Å². The highest BCUT2D eigenvalue weighted by Crippen LogP contribution is 2.37. The molecule has 1 saturated heterocycles. The normalized spacial score (nSPS) is 33.7. The Morgan fingerprint density at radius 3 is 2.23 bits per heavy atom. The smallest absolute Gasteiger partial charge is 0.192 e. The summed E-state index contributed by atoms with van der Waals surface area (Å²) in [6.45, 7) is 14.4. The molecule has 3 N–H and O–H groups in total. The summed E-state index contributed by atoms with van der Waals surface area (Å²) in [7, 11) is -2.00. The van der Waals surface area contributed by atoms with Crippen molar-refractivity contribution in [3.63, 3.8) is 0 Å². The largest absolute Gasteiger partial charge is 0.414 e. The van der Waals surface area contributed by atoms with Gasteiger partial charge in [-0.15, -0.1) is 6.58 Å². The average Bonchev–Trinajstić information content (AvgIpc) is 2.42. The van der Waals surface area contributed by atoms with Crippen LogP contribution in [0.15, 0.2) is 12.7 Å². The van der Waals surface area contributed by atoms with Crippen molar-refractivity contribution in [2.75, 3.05) is 13.2 Å². The first-order valence-electron chi connectivity index (χ1n) is 7.57. The van der Waals surface area contributed by atoms with Crippen molar-refractivity contribution >= 4 is 8.32 Å². The number of rotatable bonds is 6. The zero-order valence-corrected chi connectivity index (χ0v) is 15.2. The highest BCUT2D eigenvalue weighted by molar-refractivity contribution is 6.74. The Kier molecular flexibility index (Phi) is 6.76. The summed E-state index contributed by atoms with van der Waals surface area (Å²) in [4.78, 5) is 0. The van der Waals surface area contributed by atoms with Crippen LogP contribution in [0.2, 0.25) is 18.1 Å². The first-order chi connectivity index (χ1) is 10.0. The summed E-state index contributed by atoms with van der Waals surface area (Å²) in [5, 5.41) is 29.9. The second kappa shape index (κ2) is 7.52. The van der Waals surface area contributed by atoms with E-state index in [-0.39, 0.29) is 18.3 Å². The van der Waals surface area contributed by atoms with Crippen LogP contribution in [0.4, 0.5) is 0 Å². The van der Waals surface area contributed by atoms with Gasteiger partial charge in [0, 0.05) is 0 Å². The molecule has 0 aromatic rings. The van der Waals surface area contributed by atoms with Crippen LogP contribution in [-0.4, -0.2) is 67.6 Å². The van der Waals surface area contributed by atoms with Crippen LogP contribution in [0.1, 0.15) is 20.8 Å². The molecule has 6 nitrogen and oxygen atoms in total. The molecule has 0 aliphatic carbocycles. The Hall–Kier alpha value is -0.283. The van der Waals surface area contributed by atoms with E-state index >= 15 is 0 Å². The van der Waals surface area contributed by atoms with E-state index in [9.17, 15) is 15.3 Å². The molecule has 0 aromatic heterocycles.